The van der Waals surface area contributed by atoms with Gasteiger partial charge in [0.25, 0.3) is 5.91 Å². The third kappa shape index (κ3) is 6.18. The highest BCUT2D eigenvalue weighted by Crippen LogP contribution is 2.39. The Bertz CT molecular complexity index is 1030. The van der Waals surface area contributed by atoms with E-state index in [4.69, 9.17) is 38.0 Å². The lowest BCUT2D eigenvalue weighted by molar-refractivity contribution is -0.121. The van der Waals surface area contributed by atoms with Gasteiger partial charge in [-0.1, -0.05) is 41.6 Å². The first-order valence-corrected chi connectivity index (χ1v) is 11.9. The maximum absolute atomic E-state index is 12.3. The van der Waals surface area contributed by atoms with Crippen LogP contribution in [0.4, 0.5) is 0 Å². The second-order valence-electron chi connectivity index (χ2n) is 7.38. The fourth-order valence-corrected chi connectivity index (χ4v) is 4.66. The molecule has 1 saturated heterocycles. The number of thiocarbonyl (C=S) groups is 1. The fourth-order valence-electron chi connectivity index (χ4n) is 3.21. The van der Waals surface area contributed by atoms with Gasteiger partial charge >= 0.3 is 0 Å². The molecule has 2 aromatic rings. The number of halogens is 1. The average molecular weight is 492 g/mol. The summed E-state index contributed by atoms with van der Waals surface area (Å²) in [6.07, 6.45) is 2.45. The molecule has 0 atom stereocenters. The zero-order chi connectivity index (χ0) is 23.3. The lowest BCUT2D eigenvalue weighted by atomic mass is 10.1. The summed E-state index contributed by atoms with van der Waals surface area (Å²) in [6, 6.07) is 9.72. The van der Waals surface area contributed by atoms with Crippen molar-refractivity contribution in [3.05, 3.63) is 56.9 Å². The molecule has 2 aromatic carbocycles. The van der Waals surface area contributed by atoms with Crippen molar-refractivity contribution in [1.82, 2.24) is 4.90 Å². The lowest BCUT2D eigenvalue weighted by Crippen LogP contribution is -2.22. The third-order valence-corrected chi connectivity index (χ3v) is 6.38. The number of ether oxygens (including phenoxy) is 3. The van der Waals surface area contributed by atoms with Gasteiger partial charge in [-0.05, 0) is 67.8 Å². The summed E-state index contributed by atoms with van der Waals surface area (Å²) in [5.41, 5.74) is 3.09. The maximum Gasteiger partial charge on any atom is 0.265 e. The number of rotatable bonds is 9. The molecule has 5 nitrogen and oxygen atoms in total. The molecule has 8 heteroatoms. The summed E-state index contributed by atoms with van der Waals surface area (Å²) in [5.74, 6) is 1.75. The van der Waals surface area contributed by atoms with Crippen LogP contribution in [-0.2, 0) is 4.79 Å². The largest absolute Gasteiger partial charge is 0.493 e. The Morgan fingerprint density at radius 2 is 1.75 bits per heavy atom. The van der Waals surface area contributed by atoms with E-state index in [0.29, 0.717) is 52.0 Å². The van der Waals surface area contributed by atoms with Gasteiger partial charge in [0.15, 0.2) is 11.5 Å². The molecule has 1 aliphatic heterocycles. The molecule has 1 amide bonds. The van der Waals surface area contributed by atoms with Crippen LogP contribution in [0.5, 0.6) is 17.2 Å². The van der Waals surface area contributed by atoms with Crippen LogP contribution in [0, 0.1) is 13.8 Å². The zero-order valence-corrected chi connectivity index (χ0v) is 21.0. The molecule has 0 bridgehead atoms. The molecule has 0 aliphatic carbocycles. The molecule has 0 saturated carbocycles. The van der Waals surface area contributed by atoms with Crippen LogP contribution < -0.4 is 14.2 Å². The van der Waals surface area contributed by atoms with Crippen LogP contribution in [0.25, 0.3) is 6.08 Å². The van der Waals surface area contributed by atoms with Gasteiger partial charge in [0.1, 0.15) is 10.1 Å². The van der Waals surface area contributed by atoms with E-state index >= 15 is 0 Å². The van der Waals surface area contributed by atoms with Crippen molar-refractivity contribution < 1.29 is 19.0 Å². The van der Waals surface area contributed by atoms with E-state index in [1.54, 1.807) is 19.2 Å². The number of carbonyl (C=O) groups excluding carboxylic acids is 1. The van der Waals surface area contributed by atoms with Gasteiger partial charge in [0, 0.05) is 13.5 Å². The molecule has 32 heavy (non-hydrogen) atoms. The molecular formula is C24H26ClNO4S2. The summed E-state index contributed by atoms with van der Waals surface area (Å²) in [7, 11) is 1.66. The van der Waals surface area contributed by atoms with Gasteiger partial charge in [0.05, 0.1) is 29.7 Å². The fraction of sp³-hybridized carbons (Fsp3) is 0.333. The van der Waals surface area contributed by atoms with Crippen LogP contribution in [-0.4, -0.2) is 42.0 Å². The quantitative estimate of drug-likeness (QED) is 0.242. The number of benzene rings is 2. The Morgan fingerprint density at radius 3 is 2.38 bits per heavy atom. The molecule has 0 spiro atoms. The first-order chi connectivity index (χ1) is 15.3. The first-order valence-electron chi connectivity index (χ1n) is 10.3. The van der Waals surface area contributed by atoms with E-state index in [0.717, 1.165) is 11.3 Å². The predicted molar refractivity (Wildman–Crippen MR) is 135 cm³/mol. The number of carbonyl (C=O) groups is 1. The first kappa shape index (κ1) is 24.4. The van der Waals surface area contributed by atoms with Crippen molar-refractivity contribution in [2.45, 2.75) is 27.2 Å². The average Bonchev–Trinajstić information content (AvgIpc) is 2.95. The smallest absolute Gasteiger partial charge is 0.265 e. The number of hydrogen-bond donors (Lipinski definition) is 0. The molecule has 1 heterocycles. The molecule has 0 aromatic heterocycles. The Labute approximate surface area is 203 Å². The summed E-state index contributed by atoms with van der Waals surface area (Å²) >= 11 is 12.9. The van der Waals surface area contributed by atoms with Crippen LogP contribution in [0.2, 0.25) is 5.02 Å². The van der Waals surface area contributed by atoms with Gasteiger partial charge < -0.3 is 14.2 Å². The Kier molecular flexibility index (Phi) is 8.45. The van der Waals surface area contributed by atoms with E-state index < -0.39 is 0 Å². The summed E-state index contributed by atoms with van der Waals surface area (Å²) in [5, 5.41) is 0.421. The standard InChI is InChI=1S/C24H26ClNO4S2/c1-5-28-20-13-17(14-21-23(27)26(4)24(31)32-21)12-19(25)22(20)30-8-6-7-29-18-10-15(2)9-16(3)11-18/h9-14H,5-8H2,1-4H3. The van der Waals surface area contributed by atoms with E-state index in [9.17, 15) is 4.79 Å². The van der Waals surface area contributed by atoms with Crippen molar-refractivity contribution >= 4 is 51.9 Å². The molecule has 170 valence electrons. The number of amides is 1. The predicted octanol–water partition coefficient (Wildman–Crippen LogP) is 6.03. The topological polar surface area (TPSA) is 48.0 Å². The summed E-state index contributed by atoms with van der Waals surface area (Å²) in [4.78, 5) is 14.3. The minimum atomic E-state index is -0.127. The van der Waals surface area contributed by atoms with Crippen LogP contribution in [0.3, 0.4) is 0 Å². The van der Waals surface area contributed by atoms with E-state index in [2.05, 4.69) is 6.07 Å². The van der Waals surface area contributed by atoms with Crippen molar-refractivity contribution in [2.75, 3.05) is 26.9 Å². The highest BCUT2D eigenvalue weighted by atomic mass is 35.5. The molecule has 0 radical (unpaired) electrons. The molecular weight excluding hydrogens is 466 g/mol. The van der Waals surface area contributed by atoms with E-state index in [1.165, 1.54) is 27.8 Å². The Balaban J connectivity index is 1.64. The molecule has 0 unspecified atom stereocenters. The Morgan fingerprint density at radius 1 is 1.06 bits per heavy atom. The second kappa shape index (κ2) is 11.1. The molecule has 0 N–H and O–H groups in total. The molecule has 1 fully saturated rings. The second-order valence-corrected chi connectivity index (χ2v) is 9.46. The summed E-state index contributed by atoms with van der Waals surface area (Å²) in [6.45, 7) is 7.41. The number of likely N-dealkylation sites (N-methyl/N-ethyl adjacent to an activating group) is 1. The summed E-state index contributed by atoms with van der Waals surface area (Å²) < 4.78 is 18.0. The number of hydrogen-bond acceptors (Lipinski definition) is 6. The number of thioether (sulfide) groups is 1. The van der Waals surface area contributed by atoms with Gasteiger partial charge in [-0.3, -0.25) is 9.69 Å². The SMILES string of the molecule is CCOc1cc(C=C2SC(=S)N(C)C2=O)cc(Cl)c1OCCCOc1cc(C)cc(C)c1. The maximum atomic E-state index is 12.3. The van der Waals surface area contributed by atoms with E-state index in [-0.39, 0.29) is 5.91 Å². The van der Waals surface area contributed by atoms with Crippen LogP contribution >= 0.6 is 35.6 Å². The third-order valence-electron chi connectivity index (χ3n) is 4.62. The van der Waals surface area contributed by atoms with Gasteiger partial charge in [-0.15, -0.1) is 0 Å². The van der Waals surface area contributed by atoms with Crippen molar-refractivity contribution in [2.24, 2.45) is 0 Å². The number of aryl methyl sites for hydroxylation is 2. The highest BCUT2D eigenvalue weighted by molar-refractivity contribution is 8.26. The molecule has 1 aliphatic rings. The van der Waals surface area contributed by atoms with Crippen molar-refractivity contribution in [1.29, 1.82) is 0 Å². The van der Waals surface area contributed by atoms with Gasteiger partial charge in [-0.2, -0.15) is 0 Å². The highest BCUT2D eigenvalue weighted by Gasteiger charge is 2.28. The van der Waals surface area contributed by atoms with E-state index in [1.807, 2.05) is 39.0 Å². The van der Waals surface area contributed by atoms with Crippen LogP contribution in [0.15, 0.2) is 35.2 Å². The minimum absolute atomic E-state index is 0.127. The van der Waals surface area contributed by atoms with Gasteiger partial charge in [-0.25, -0.2) is 0 Å². The lowest BCUT2D eigenvalue weighted by Gasteiger charge is -2.15. The van der Waals surface area contributed by atoms with Crippen molar-refractivity contribution in [3.8, 4) is 17.2 Å². The van der Waals surface area contributed by atoms with Gasteiger partial charge in [0.2, 0.25) is 0 Å². The number of nitrogens with zero attached hydrogens (tertiary/aromatic N) is 1. The minimum Gasteiger partial charge on any atom is -0.493 e. The molecule has 3 rings (SSSR count). The Hall–Kier alpha value is -2.22. The zero-order valence-electron chi connectivity index (χ0n) is 18.6. The van der Waals surface area contributed by atoms with Crippen LogP contribution in [0.1, 0.15) is 30.0 Å². The monoisotopic (exact) mass is 491 g/mol. The normalized spacial score (nSPS) is 14.9. The van der Waals surface area contributed by atoms with Crippen molar-refractivity contribution in [3.63, 3.8) is 0 Å².